The van der Waals surface area contributed by atoms with Crippen molar-refractivity contribution in [1.82, 2.24) is 10.2 Å². The van der Waals surface area contributed by atoms with Crippen molar-refractivity contribution in [3.05, 3.63) is 64.1 Å². The molecule has 0 spiro atoms. The summed E-state index contributed by atoms with van der Waals surface area (Å²) < 4.78 is 0. The molecule has 3 rings (SSSR count). The summed E-state index contributed by atoms with van der Waals surface area (Å²) in [6, 6.07) is 12.1. The first-order valence-electron chi connectivity index (χ1n) is 5.44. The highest BCUT2D eigenvalue weighted by Crippen LogP contribution is 2.54. The SMILES string of the molecule is O=c1cc(C2CC2c2ccccc2)cn[nH]1. The van der Waals surface area contributed by atoms with E-state index in [1.807, 2.05) is 6.07 Å². The molecule has 0 radical (unpaired) electrons. The van der Waals surface area contributed by atoms with E-state index in [1.54, 1.807) is 12.3 Å². The van der Waals surface area contributed by atoms with Gasteiger partial charge in [-0.25, -0.2) is 5.10 Å². The molecule has 3 nitrogen and oxygen atoms in total. The fraction of sp³-hybridized carbons (Fsp3) is 0.231. The Morgan fingerprint density at radius 2 is 1.88 bits per heavy atom. The van der Waals surface area contributed by atoms with Gasteiger partial charge in [0.1, 0.15) is 0 Å². The van der Waals surface area contributed by atoms with Crippen molar-refractivity contribution >= 4 is 0 Å². The average molecular weight is 212 g/mol. The Bertz CT molecular complexity index is 547. The van der Waals surface area contributed by atoms with E-state index in [4.69, 9.17) is 0 Å². The fourth-order valence-corrected chi connectivity index (χ4v) is 2.23. The number of nitrogens with zero attached hydrogens (tertiary/aromatic N) is 1. The minimum Gasteiger partial charge on any atom is -0.268 e. The number of hydrogen-bond donors (Lipinski definition) is 1. The number of aromatic nitrogens is 2. The molecule has 1 saturated carbocycles. The third-order valence-electron chi connectivity index (χ3n) is 3.13. The first-order valence-corrected chi connectivity index (χ1v) is 5.44. The first kappa shape index (κ1) is 9.33. The van der Waals surface area contributed by atoms with Crippen LogP contribution in [-0.4, -0.2) is 10.2 Å². The Morgan fingerprint density at radius 1 is 1.12 bits per heavy atom. The zero-order valence-corrected chi connectivity index (χ0v) is 8.76. The Kier molecular flexibility index (Phi) is 2.10. The molecule has 3 heteroatoms. The number of benzene rings is 1. The third kappa shape index (κ3) is 1.65. The highest BCUT2D eigenvalue weighted by molar-refractivity contribution is 5.34. The number of H-pyrrole nitrogens is 1. The summed E-state index contributed by atoms with van der Waals surface area (Å²) in [5.74, 6) is 1.03. The lowest BCUT2D eigenvalue weighted by Crippen LogP contribution is -2.06. The standard InChI is InChI=1S/C13H12N2O/c16-13-6-10(8-14-15-13)12-7-11(12)9-4-2-1-3-5-9/h1-6,8,11-12H,7H2,(H,15,16). The smallest absolute Gasteiger partial charge is 0.264 e. The lowest BCUT2D eigenvalue weighted by atomic mass is 10.1. The van der Waals surface area contributed by atoms with Gasteiger partial charge < -0.3 is 0 Å². The van der Waals surface area contributed by atoms with Crippen molar-refractivity contribution in [3.8, 4) is 0 Å². The van der Waals surface area contributed by atoms with Crippen LogP contribution in [0.15, 0.2) is 47.4 Å². The third-order valence-corrected chi connectivity index (χ3v) is 3.13. The molecule has 16 heavy (non-hydrogen) atoms. The number of aromatic amines is 1. The van der Waals surface area contributed by atoms with Crippen LogP contribution in [0.2, 0.25) is 0 Å². The van der Waals surface area contributed by atoms with Crippen LogP contribution in [0, 0.1) is 0 Å². The lowest BCUT2D eigenvalue weighted by molar-refractivity contribution is 0.928. The van der Waals surface area contributed by atoms with E-state index in [0.29, 0.717) is 11.8 Å². The Labute approximate surface area is 93.1 Å². The molecule has 0 bridgehead atoms. The maximum atomic E-state index is 11.1. The molecule has 0 saturated heterocycles. The highest BCUT2D eigenvalue weighted by Gasteiger charge is 2.39. The quantitative estimate of drug-likeness (QED) is 0.828. The topological polar surface area (TPSA) is 45.8 Å². The van der Waals surface area contributed by atoms with E-state index in [9.17, 15) is 4.79 Å². The van der Waals surface area contributed by atoms with Crippen LogP contribution >= 0.6 is 0 Å². The summed E-state index contributed by atoms with van der Waals surface area (Å²) >= 11 is 0. The summed E-state index contributed by atoms with van der Waals surface area (Å²) in [4.78, 5) is 11.1. The first-order chi connectivity index (χ1) is 7.84. The van der Waals surface area contributed by atoms with Crippen LogP contribution in [-0.2, 0) is 0 Å². The molecule has 2 unspecified atom stereocenters. The Balaban J connectivity index is 1.85. The molecule has 1 aliphatic carbocycles. The molecule has 0 aliphatic heterocycles. The van der Waals surface area contributed by atoms with Crippen molar-refractivity contribution in [3.63, 3.8) is 0 Å². The van der Waals surface area contributed by atoms with Crippen molar-refractivity contribution < 1.29 is 0 Å². The highest BCUT2D eigenvalue weighted by atomic mass is 16.1. The zero-order chi connectivity index (χ0) is 11.0. The molecule has 0 amide bonds. The van der Waals surface area contributed by atoms with Gasteiger partial charge >= 0.3 is 0 Å². The van der Waals surface area contributed by atoms with Crippen LogP contribution in [0.3, 0.4) is 0 Å². The molecule has 2 atom stereocenters. The van der Waals surface area contributed by atoms with E-state index in [-0.39, 0.29) is 5.56 Å². The average Bonchev–Trinajstić information content (AvgIpc) is 3.10. The monoisotopic (exact) mass is 212 g/mol. The van der Waals surface area contributed by atoms with E-state index >= 15 is 0 Å². The van der Waals surface area contributed by atoms with Gasteiger partial charge in [0, 0.05) is 6.07 Å². The van der Waals surface area contributed by atoms with Gasteiger partial charge in [0.15, 0.2) is 0 Å². The minimum absolute atomic E-state index is 0.115. The molecule has 1 heterocycles. The molecule has 1 aliphatic rings. The van der Waals surface area contributed by atoms with Gasteiger partial charge in [0.05, 0.1) is 6.20 Å². The van der Waals surface area contributed by atoms with Crippen molar-refractivity contribution in [2.75, 3.05) is 0 Å². The van der Waals surface area contributed by atoms with E-state index < -0.39 is 0 Å². The molecule has 80 valence electrons. The van der Waals surface area contributed by atoms with Crippen LogP contribution < -0.4 is 5.56 Å². The fourth-order valence-electron chi connectivity index (χ4n) is 2.23. The maximum Gasteiger partial charge on any atom is 0.264 e. The zero-order valence-electron chi connectivity index (χ0n) is 8.76. The number of nitrogens with one attached hydrogen (secondary N) is 1. The van der Waals surface area contributed by atoms with Crippen molar-refractivity contribution in [2.45, 2.75) is 18.3 Å². The van der Waals surface area contributed by atoms with Crippen molar-refractivity contribution in [2.24, 2.45) is 0 Å². The maximum absolute atomic E-state index is 11.1. The molecule has 1 N–H and O–H groups in total. The summed E-state index contributed by atoms with van der Waals surface area (Å²) in [5.41, 5.74) is 2.29. The molecule has 1 fully saturated rings. The molecular formula is C13H12N2O. The second-order valence-electron chi connectivity index (χ2n) is 4.24. The normalized spacial score (nSPS) is 23.0. The predicted octanol–water partition coefficient (Wildman–Crippen LogP) is 2.04. The van der Waals surface area contributed by atoms with Gasteiger partial charge in [-0.2, -0.15) is 5.10 Å². The van der Waals surface area contributed by atoms with Crippen LogP contribution in [0.25, 0.3) is 0 Å². The van der Waals surface area contributed by atoms with Gasteiger partial charge in [0.25, 0.3) is 5.56 Å². The number of rotatable bonds is 2. The molecule has 1 aromatic carbocycles. The Morgan fingerprint density at radius 3 is 2.62 bits per heavy atom. The van der Waals surface area contributed by atoms with Gasteiger partial charge in [-0.1, -0.05) is 30.3 Å². The van der Waals surface area contributed by atoms with Gasteiger partial charge in [-0.3, -0.25) is 4.79 Å². The van der Waals surface area contributed by atoms with Gasteiger partial charge in [-0.05, 0) is 29.4 Å². The summed E-state index contributed by atoms with van der Waals surface area (Å²) in [7, 11) is 0. The summed E-state index contributed by atoms with van der Waals surface area (Å²) in [6.07, 6.45) is 2.88. The minimum atomic E-state index is -0.115. The molecule has 2 aromatic rings. The van der Waals surface area contributed by atoms with E-state index in [0.717, 1.165) is 12.0 Å². The van der Waals surface area contributed by atoms with E-state index in [1.165, 1.54) is 5.56 Å². The second-order valence-corrected chi connectivity index (χ2v) is 4.24. The second kappa shape index (κ2) is 3.59. The van der Waals surface area contributed by atoms with Crippen LogP contribution in [0.5, 0.6) is 0 Å². The summed E-state index contributed by atoms with van der Waals surface area (Å²) in [6.45, 7) is 0. The van der Waals surface area contributed by atoms with Crippen LogP contribution in [0.4, 0.5) is 0 Å². The Hall–Kier alpha value is -1.90. The van der Waals surface area contributed by atoms with E-state index in [2.05, 4.69) is 34.5 Å². The molecular weight excluding hydrogens is 200 g/mol. The lowest BCUT2D eigenvalue weighted by Gasteiger charge is -1.99. The van der Waals surface area contributed by atoms with Crippen molar-refractivity contribution in [1.29, 1.82) is 0 Å². The summed E-state index contributed by atoms with van der Waals surface area (Å²) in [5, 5.41) is 6.24. The largest absolute Gasteiger partial charge is 0.268 e. The predicted molar refractivity (Wildman–Crippen MR) is 61.4 cm³/mol. The van der Waals surface area contributed by atoms with Gasteiger partial charge in [-0.15, -0.1) is 0 Å². The number of hydrogen-bond acceptors (Lipinski definition) is 2. The molecule has 1 aromatic heterocycles. The van der Waals surface area contributed by atoms with Gasteiger partial charge in [0.2, 0.25) is 0 Å². The van der Waals surface area contributed by atoms with Crippen LogP contribution in [0.1, 0.15) is 29.4 Å².